The molecule has 0 saturated carbocycles. The number of nitrogens with zero attached hydrogens (tertiary/aromatic N) is 4. The summed E-state index contributed by atoms with van der Waals surface area (Å²) in [5.74, 6) is -0.0587. The van der Waals surface area contributed by atoms with Crippen LogP contribution in [0.25, 0.3) is 11.1 Å². The Balaban J connectivity index is 0.00000144. The summed E-state index contributed by atoms with van der Waals surface area (Å²) < 4.78 is 7.79. The Morgan fingerprint density at radius 3 is 3.00 bits per heavy atom. The van der Waals surface area contributed by atoms with Crippen molar-refractivity contribution < 1.29 is 14.3 Å². The molecule has 0 aliphatic carbocycles. The number of aromatic carboxylic acids is 1. The van der Waals surface area contributed by atoms with Gasteiger partial charge < -0.3 is 19.0 Å². The average Bonchev–Trinajstić information content (AvgIpc) is 3.11. The molecule has 0 unspecified atom stereocenters. The number of para-hydroxylation sites is 1. The Hall–Kier alpha value is -2.23. The zero-order valence-electron chi connectivity index (χ0n) is 11.1. The van der Waals surface area contributed by atoms with E-state index in [0.717, 1.165) is 18.9 Å². The Morgan fingerprint density at radius 1 is 1.32 bits per heavy atom. The molecular formula is C14H13LiN4O3. The molecule has 0 atom stereocenters. The summed E-state index contributed by atoms with van der Waals surface area (Å²) in [6.45, 7) is 2.15. The molecule has 4 rings (SSSR count). The van der Waals surface area contributed by atoms with Crippen LogP contribution in [0.5, 0.6) is 0 Å². The van der Waals surface area contributed by atoms with Crippen molar-refractivity contribution in [3.8, 4) is 0 Å². The van der Waals surface area contributed by atoms with Gasteiger partial charge in [-0.2, -0.15) is 4.98 Å². The van der Waals surface area contributed by atoms with Gasteiger partial charge in [0.1, 0.15) is 11.3 Å². The summed E-state index contributed by atoms with van der Waals surface area (Å²) in [7, 11) is 0. The monoisotopic (exact) mass is 292 g/mol. The number of hydrogen-bond donors (Lipinski definition) is 1. The number of anilines is 1. The van der Waals surface area contributed by atoms with Crippen molar-refractivity contribution >= 4 is 41.9 Å². The number of rotatable bonds is 2. The summed E-state index contributed by atoms with van der Waals surface area (Å²) in [4.78, 5) is 21.8. The molecular weight excluding hydrogens is 279 g/mol. The van der Waals surface area contributed by atoms with Crippen LogP contribution in [0.15, 0.2) is 35.0 Å². The summed E-state index contributed by atoms with van der Waals surface area (Å²) in [5, 5.41) is 9.20. The first-order chi connectivity index (χ1) is 10.2. The second-order valence-electron chi connectivity index (χ2n) is 4.91. The molecule has 0 amide bonds. The van der Waals surface area contributed by atoms with E-state index in [-0.39, 0.29) is 24.4 Å². The Morgan fingerprint density at radius 2 is 2.18 bits per heavy atom. The zero-order valence-corrected chi connectivity index (χ0v) is 11.1. The molecule has 0 saturated heterocycles. The van der Waals surface area contributed by atoms with Crippen molar-refractivity contribution in [1.29, 1.82) is 0 Å². The molecule has 0 spiro atoms. The molecule has 3 heterocycles. The topological polar surface area (TPSA) is 84.4 Å². The summed E-state index contributed by atoms with van der Waals surface area (Å²) >= 11 is 0. The van der Waals surface area contributed by atoms with Crippen molar-refractivity contribution in [2.45, 2.75) is 13.1 Å². The van der Waals surface area contributed by atoms with Gasteiger partial charge in [0.15, 0.2) is 5.58 Å². The average molecular weight is 292 g/mol. The van der Waals surface area contributed by atoms with Crippen molar-refractivity contribution in [1.82, 2.24) is 14.5 Å². The molecule has 7 nitrogen and oxygen atoms in total. The van der Waals surface area contributed by atoms with E-state index in [1.165, 1.54) is 6.07 Å². The summed E-state index contributed by atoms with van der Waals surface area (Å²) in [5.41, 5.74) is 1.02. The number of hydrogen-bond acceptors (Lipinski definition) is 5. The molecule has 108 valence electrons. The van der Waals surface area contributed by atoms with Crippen LogP contribution in [-0.2, 0) is 13.1 Å². The first-order valence-corrected chi connectivity index (χ1v) is 6.60. The van der Waals surface area contributed by atoms with Crippen LogP contribution >= 0.6 is 0 Å². The summed E-state index contributed by atoms with van der Waals surface area (Å²) in [6.07, 6.45) is 3.72. The van der Waals surface area contributed by atoms with E-state index >= 15 is 0 Å². The number of oxazole rings is 1. The van der Waals surface area contributed by atoms with Crippen LogP contribution in [0.4, 0.5) is 6.01 Å². The normalized spacial score (nSPS) is 13.7. The van der Waals surface area contributed by atoms with Gasteiger partial charge in [-0.05, 0) is 12.1 Å². The van der Waals surface area contributed by atoms with Crippen LogP contribution < -0.4 is 4.90 Å². The van der Waals surface area contributed by atoms with Gasteiger partial charge in [0.2, 0.25) is 0 Å². The molecule has 22 heavy (non-hydrogen) atoms. The molecule has 1 aromatic carbocycles. The number of aromatic nitrogens is 3. The number of carboxylic acid groups (broad SMARTS) is 1. The van der Waals surface area contributed by atoms with Crippen LogP contribution in [0.3, 0.4) is 0 Å². The van der Waals surface area contributed by atoms with E-state index in [1.54, 1.807) is 18.3 Å². The second-order valence-corrected chi connectivity index (χ2v) is 4.91. The molecule has 0 fully saturated rings. The van der Waals surface area contributed by atoms with Crippen LogP contribution in [0, 0.1) is 0 Å². The minimum atomic E-state index is -1.00. The fourth-order valence-electron chi connectivity index (χ4n) is 2.58. The van der Waals surface area contributed by atoms with E-state index in [1.807, 2.05) is 11.1 Å². The Labute approximate surface area is 137 Å². The van der Waals surface area contributed by atoms with Gasteiger partial charge in [-0.15, -0.1) is 0 Å². The third kappa shape index (κ3) is 2.28. The van der Waals surface area contributed by atoms with Gasteiger partial charge in [-0.1, -0.05) is 6.07 Å². The number of benzene rings is 1. The zero-order chi connectivity index (χ0) is 14.4. The standard InChI is InChI=1S/C14H12N4O3.Li.H/c19-13(20)9-2-1-3-10-12(9)16-14(21-10)18-7-6-17-5-4-15-11(17)8-18;;/h1-5H,6-8H2,(H,19,20);;. The van der Waals surface area contributed by atoms with E-state index in [0.29, 0.717) is 23.7 Å². The number of carbonyl (C=O) groups is 1. The predicted octanol–water partition coefficient (Wildman–Crippen LogP) is 1.09. The van der Waals surface area contributed by atoms with Crippen molar-refractivity contribution in [2.24, 2.45) is 0 Å². The molecule has 0 radical (unpaired) electrons. The van der Waals surface area contributed by atoms with Gasteiger partial charge in [-0.25, -0.2) is 9.78 Å². The quantitative estimate of drug-likeness (QED) is 0.712. The number of imidazole rings is 1. The number of carboxylic acids is 1. The summed E-state index contributed by atoms with van der Waals surface area (Å²) in [6, 6.07) is 5.35. The van der Waals surface area contributed by atoms with Gasteiger partial charge >= 0.3 is 24.8 Å². The third-order valence-corrected chi connectivity index (χ3v) is 3.65. The third-order valence-electron chi connectivity index (χ3n) is 3.65. The fourth-order valence-corrected chi connectivity index (χ4v) is 2.58. The maximum absolute atomic E-state index is 11.2. The van der Waals surface area contributed by atoms with Crippen LogP contribution in [0.1, 0.15) is 16.2 Å². The van der Waals surface area contributed by atoms with Crippen molar-refractivity contribution in [3.63, 3.8) is 0 Å². The second kappa shape index (κ2) is 5.52. The van der Waals surface area contributed by atoms with E-state index in [9.17, 15) is 9.90 Å². The SMILES string of the molecule is O=C(O)c1cccc2oc(N3CCn4ccnc4C3)nc12.[LiH]. The van der Waals surface area contributed by atoms with E-state index in [2.05, 4.69) is 14.5 Å². The minimum absolute atomic E-state index is 0. The Kier molecular flexibility index (Phi) is 3.69. The maximum atomic E-state index is 11.2. The molecule has 1 N–H and O–H groups in total. The molecule has 2 aromatic heterocycles. The fraction of sp³-hybridized carbons (Fsp3) is 0.214. The van der Waals surface area contributed by atoms with Gasteiger partial charge in [0.25, 0.3) is 6.01 Å². The van der Waals surface area contributed by atoms with Crippen LogP contribution in [0.2, 0.25) is 0 Å². The first-order valence-electron chi connectivity index (χ1n) is 6.60. The Bertz CT molecular complexity index is 842. The molecule has 1 aliphatic heterocycles. The van der Waals surface area contributed by atoms with Crippen molar-refractivity contribution in [2.75, 3.05) is 11.4 Å². The van der Waals surface area contributed by atoms with Crippen LogP contribution in [-0.4, -0.2) is 51.0 Å². The van der Waals surface area contributed by atoms with Gasteiger partial charge in [0, 0.05) is 25.5 Å². The molecule has 1 aliphatic rings. The predicted molar refractivity (Wildman–Crippen MR) is 81.4 cm³/mol. The first kappa shape index (κ1) is 14.7. The van der Waals surface area contributed by atoms with Crippen molar-refractivity contribution in [3.05, 3.63) is 42.0 Å². The molecule has 8 heteroatoms. The van der Waals surface area contributed by atoms with Gasteiger partial charge in [0.05, 0.1) is 12.1 Å². The van der Waals surface area contributed by atoms with E-state index < -0.39 is 5.97 Å². The van der Waals surface area contributed by atoms with E-state index in [4.69, 9.17) is 4.42 Å². The molecule has 0 bridgehead atoms. The number of fused-ring (bicyclic) bond motifs is 2. The molecule has 3 aromatic rings. The van der Waals surface area contributed by atoms with Gasteiger partial charge in [-0.3, -0.25) is 0 Å².